The number of rotatable bonds is 5. The number of nitrogens with one attached hydrogen (secondary N) is 2. The Labute approximate surface area is 132 Å². The second-order valence-electron chi connectivity index (χ2n) is 5.01. The van der Waals surface area contributed by atoms with E-state index in [1.807, 2.05) is 31.2 Å². The molecule has 3 rings (SSSR count). The molecule has 3 aromatic rings. The minimum atomic E-state index is -0.00748. The Hall–Kier alpha value is -3.00. The molecule has 0 aliphatic rings. The number of carbonyl (C=O) groups excluding carboxylic acids is 1. The van der Waals surface area contributed by atoms with Crippen molar-refractivity contribution in [2.45, 2.75) is 19.8 Å². The standard InChI is InChI=1S/C15H17N7O/c1-2-4-13(23)20-10-5-3-6-11(7-10)22-15-12(8-19-22)14(21-16)17-9-18-15/h3,5-9H,2,4,16H2,1H3,(H,20,23)(H,17,18,21). The van der Waals surface area contributed by atoms with Crippen molar-refractivity contribution < 1.29 is 4.79 Å². The molecule has 0 atom stereocenters. The molecule has 0 spiro atoms. The Morgan fingerprint density at radius 3 is 3.00 bits per heavy atom. The third-order valence-electron chi connectivity index (χ3n) is 3.35. The molecule has 118 valence electrons. The molecule has 0 radical (unpaired) electrons. The zero-order valence-electron chi connectivity index (χ0n) is 12.7. The Bertz CT molecular complexity index is 843. The summed E-state index contributed by atoms with van der Waals surface area (Å²) >= 11 is 0. The molecule has 1 amide bonds. The van der Waals surface area contributed by atoms with E-state index in [-0.39, 0.29) is 5.91 Å². The molecule has 0 bridgehead atoms. The van der Waals surface area contributed by atoms with Crippen molar-refractivity contribution in [3.8, 4) is 5.69 Å². The first-order chi connectivity index (χ1) is 11.2. The normalized spacial score (nSPS) is 10.7. The molecule has 0 saturated carbocycles. The van der Waals surface area contributed by atoms with Crippen LogP contribution in [0.25, 0.3) is 16.7 Å². The molecular formula is C15H17N7O. The quantitative estimate of drug-likeness (QED) is 0.490. The number of aromatic nitrogens is 4. The summed E-state index contributed by atoms with van der Waals surface area (Å²) in [5, 5.41) is 7.93. The van der Waals surface area contributed by atoms with Gasteiger partial charge < -0.3 is 10.7 Å². The van der Waals surface area contributed by atoms with Gasteiger partial charge in [-0.2, -0.15) is 5.10 Å². The van der Waals surface area contributed by atoms with Crippen molar-refractivity contribution in [3.63, 3.8) is 0 Å². The van der Waals surface area contributed by atoms with E-state index in [0.717, 1.165) is 23.2 Å². The predicted molar refractivity (Wildman–Crippen MR) is 88.0 cm³/mol. The third kappa shape index (κ3) is 2.97. The summed E-state index contributed by atoms with van der Waals surface area (Å²) < 4.78 is 1.67. The molecule has 0 aliphatic heterocycles. The molecule has 1 aromatic carbocycles. The molecule has 4 N–H and O–H groups in total. The van der Waals surface area contributed by atoms with Crippen molar-refractivity contribution in [2.75, 3.05) is 10.7 Å². The van der Waals surface area contributed by atoms with Crippen LogP contribution >= 0.6 is 0 Å². The molecule has 8 heteroatoms. The van der Waals surface area contributed by atoms with Crippen LogP contribution in [0.2, 0.25) is 0 Å². The fourth-order valence-corrected chi connectivity index (χ4v) is 2.31. The summed E-state index contributed by atoms with van der Waals surface area (Å²) in [7, 11) is 0. The number of nitrogen functional groups attached to an aromatic ring is 1. The monoisotopic (exact) mass is 311 g/mol. The molecular weight excluding hydrogens is 294 g/mol. The summed E-state index contributed by atoms with van der Waals surface area (Å²) in [5.41, 5.74) is 4.66. The average molecular weight is 311 g/mol. The van der Waals surface area contributed by atoms with Crippen LogP contribution in [0, 0.1) is 0 Å². The van der Waals surface area contributed by atoms with Gasteiger partial charge in [0.1, 0.15) is 6.33 Å². The predicted octanol–water partition coefficient (Wildman–Crippen LogP) is 1.84. The van der Waals surface area contributed by atoms with Crippen molar-refractivity contribution in [3.05, 3.63) is 36.8 Å². The van der Waals surface area contributed by atoms with E-state index in [1.54, 1.807) is 10.9 Å². The number of fused-ring (bicyclic) bond motifs is 1. The van der Waals surface area contributed by atoms with Gasteiger partial charge in [0, 0.05) is 12.1 Å². The number of nitrogens with two attached hydrogens (primary N) is 1. The van der Waals surface area contributed by atoms with Gasteiger partial charge in [0.2, 0.25) is 5.91 Å². The van der Waals surface area contributed by atoms with Crippen LogP contribution in [0.4, 0.5) is 11.5 Å². The molecule has 8 nitrogen and oxygen atoms in total. The Kier molecular flexibility index (Phi) is 4.15. The third-order valence-corrected chi connectivity index (χ3v) is 3.35. The second-order valence-corrected chi connectivity index (χ2v) is 5.01. The molecule has 0 unspecified atom stereocenters. The summed E-state index contributed by atoms with van der Waals surface area (Å²) in [6.07, 6.45) is 4.37. The summed E-state index contributed by atoms with van der Waals surface area (Å²) in [6, 6.07) is 7.43. The number of benzene rings is 1. The number of hydrogen-bond donors (Lipinski definition) is 3. The van der Waals surface area contributed by atoms with Gasteiger partial charge >= 0.3 is 0 Å². The molecule has 0 fully saturated rings. The molecule has 23 heavy (non-hydrogen) atoms. The lowest BCUT2D eigenvalue weighted by Crippen LogP contribution is -2.11. The maximum Gasteiger partial charge on any atom is 0.224 e. The highest BCUT2D eigenvalue weighted by atomic mass is 16.1. The van der Waals surface area contributed by atoms with Crippen LogP contribution in [-0.2, 0) is 4.79 Å². The maximum atomic E-state index is 11.7. The largest absolute Gasteiger partial charge is 0.326 e. The van der Waals surface area contributed by atoms with Crippen LogP contribution < -0.4 is 16.6 Å². The minimum Gasteiger partial charge on any atom is -0.326 e. The van der Waals surface area contributed by atoms with Crippen molar-refractivity contribution in [1.29, 1.82) is 0 Å². The van der Waals surface area contributed by atoms with Crippen LogP contribution in [0.5, 0.6) is 0 Å². The molecule has 2 aromatic heterocycles. The van der Waals surface area contributed by atoms with Crippen molar-refractivity contribution in [2.24, 2.45) is 5.84 Å². The minimum absolute atomic E-state index is 0.00748. The van der Waals surface area contributed by atoms with Gasteiger partial charge in [0.25, 0.3) is 0 Å². The smallest absolute Gasteiger partial charge is 0.224 e. The number of hydrazine groups is 1. The highest BCUT2D eigenvalue weighted by Crippen LogP contribution is 2.22. The summed E-state index contributed by atoms with van der Waals surface area (Å²) in [5.74, 6) is 5.95. The first kappa shape index (κ1) is 14.9. The van der Waals surface area contributed by atoms with Crippen LogP contribution in [-0.4, -0.2) is 25.7 Å². The van der Waals surface area contributed by atoms with Crippen LogP contribution in [0.1, 0.15) is 19.8 Å². The molecule has 2 heterocycles. The highest BCUT2D eigenvalue weighted by molar-refractivity contribution is 5.91. The number of anilines is 2. The Morgan fingerprint density at radius 1 is 1.35 bits per heavy atom. The lowest BCUT2D eigenvalue weighted by atomic mass is 10.2. The number of amides is 1. The Balaban J connectivity index is 1.98. The van der Waals surface area contributed by atoms with E-state index in [1.165, 1.54) is 6.33 Å². The van der Waals surface area contributed by atoms with Crippen LogP contribution in [0.15, 0.2) is 36.8 Å². The summed E-state index contributed by atoms with van der Waals surface area (Å²) in [4.78, 5) is 20.0. The van der Waals surface area contributed by atoms with Gasteiger partial charge in [-0.05, 0) is 24.6 Å². The van der Waals surface area contributed by atoms with Crippen LogP contribution in [0.3, 0.4) is 0 Å². The average Bonchev–Trinajstić information content (AvgIpc) is 2.99. The van der Waals surface area contributed by atoms with Gasteiger partial charge in [0.15, 0.2) is 11.5 Å². The highest BCUT2D eigenvalue weighted by Gasteiger charge is 2.11. The maximum absolute atomic E-state index is 11.7. The van der Waals surface area contributed by atoms with Gasteiger partial charge in [-0.1, -0.05) is 13.0 Å². The first-order valence-corrected chi connectivity index (χ1v) is 7.28. The summed E-state index contributed by atoms with van der Waals surface area (Å²) in [6.45, 7) is 1.97. The Morgan fingerprint density at radius 2 is 2.22 bits per heavy atom. The lowest BCUT2D eigenvalue weighted by Gasteiger charge is -2.08. The lowest BCUT2D eigenvalue weighted by molar-refractivity contribution is -0.116. The second kappa shape index (κ2) is 6.41. The zero-order chi connectivity index (χ0) is 16.2. The number of nitrogens with zero attached hydrogens (tertiary/aromatic N) is 4. The fraction of sp³-hybridized carbons (Fsp3) is 0.200. The van der Waals surface area contributed by atoms with E-state index in [9.17, 15) is 4.79 Å². The van der Waals surface area contributed by atoms with E-state index in [2.05, 4.69) is 25.8 Å². The van der Waals surface area contributed by atoms with E-state index in [4.69, 9.17) is 5.84 Å². The SMILES string of the molecule is CCCC(=O)Nc1cccc(-n2ncc3c(NN)ncnc32)c1. The molecule has 0 saturated heterocycles. The first-order valence-electron chi connectivity index (χ1n) is 7.28. The number of carbonyl (C=O) groups is 1. The van der Waals surface area contributed by atoms with Gasteiger partial charge in [-0.15, -0.1) is 0 Å². The van der Waals surface area contributed by atoms with E-state index >= 15 is 0 Å². The van der Waals surface area contributed by atoms with Gasteiger partial charge in [0.05, 0.1) is 17.3 Å². The van der Waals surface area contributed by atoms with Gasteiger partial charge in [-0.3, -0.25) is 4.79 Å². The molecule has 0 aliphatic carbocycles. The topological polar surface area (TPSA) is 111 Å². The fourth-order valence-electron chi connectivity index (χ4n) is 2.31. The van der Waals surface area contributed by atoms with E-state index < -0.39 is 0 Å². The van der Waals surface area contributed by atoms with E-state index in [0.29, 0.717) is 17.9 Å². The van der Waals surface area contributed by atoms with Crippen molar-refractivity contribution in [1.82, 2.24) is 19.7 Å². The van der Waals surface area contributed by atoms with Crippen molar-refractivity contribution >= 4 is 28.4 Å². The number of hydrogen-bond acceptors (Lipinski definition) is 6. The zero-order valence-corrected chi connectivity index (χ0v) is 12.7. The van der Waals surface area contributed by atoms with Gasteiger partial charge in [-0.25, -0.2) is 20.5 Å².